The molecule has 0 spiro atoms. The number of rotatable bonds is 4. The third-order valence-corrected chi connectivity index (χ3v) is 4.17. The van der Waals surface area contributed by atoms with E-state index in [0.717, 1.165) is 5.56 Å². The molecule has 8 nitrogen and oxygen atoms in total. The normalized spacial score (nSPS) is 10.9. The highest BCUT2D eigenvalue weighted by Crippen LogP contribution is 2.18. The topological polar surface area (TPSA) is 99.1 Å². The Bertz CT molecular complexity index is 1130. The van der Waals surface area contributed by atoms with Gasteiger partial charge in [-0.2, -0.15) is 4.40 Å². The average molecular weight is 381 g/mol. The molecule has 0 fully saturated rings. The number of hydrogen-bond donors (Lipinski definition) is 1. The predicted molar refractivity (Wildman–Crippen MR) is 95.4 cm³/mol. The van der Waals surface area contributed by atoms with Gasteiger partial charge in [0.2, 0.25) is 5.69 Å². The minimum Gasteiger partial charge on any atom is -0.839 e. The molecule has 27 heavy (non-hydrogen) atoms. The van der Waals surface area contributed by atoms with Gasteiger partial charge in [-0.25, -0.2) is 19.5 Å². The van der Waals surface area contributed by atoms with Crippen LogP contribution in [0.2, 0.25) is 5.02 Å². The Morgan fingerprint density at radius 1 is 1.26 bits per heavy atom. The minimum absolute atomic E-state index is 0.0239. The van der Waals surface area contributed by atoms with E-state index < -0.39 is 11.8 Å². The van der Waals surface area contributed by atoms with Crippen LogP contribution in [0.4, 0.5) is 5.82 Å². The van der Waals surface area contributed by atoms with E-state index in [1.165, 1.54) is 23.2 Å². The zero-order valence-electron chi connectivity index (χ0n) is 13.9. The van der Waals surface area contributed by atoms with Crippen LogP contribution < -0.4 is 15.0 Å². The molecule has 0 saturated carbocycles. The van der Waals surface area contributed by atoms with Crippen LogP contribution in [-0.2, 0) is 6.54 Å². The van der Waals surface area contributed by atoms with Crippen molar-refractivity contribution in [1.82, 2.24) is 19.4 Å². The summed E-state index contributed by atoms with van der Waals surface area (Å²) >= 11 is 5.92. The average Bonchev–Trinajstić information content (AvgIpc) is 2.94. The first-order valence-electron chi connectivity index (χ1n) is 8.00. The fraction of sp³-hybridized carbons (Fsp3) is 0.0556. The van der Waals surface area contributed by atoms with Gasteiger partial charge in [0, 0.05) is 35.2 Å². The summed E-state index contributed by atoms with van der Waals surface area (Å²) in [5.41, 5.74) is 1.30. The number of pyridine rings is 2. The summed E-state index contributed by atoms with van der Waals surface area (Å²) < 4.78 is 3.05. The molecule has 0 saturated heterocycles. The van der Waals surface area contributed by atoms with E-state index in [0.29, 0.717) is 10.7 Å². The van der Waals surface area contributed by atoms with Gasteiger partial charge in [0.05, 0.1) is 6.20 Å². The molecule has 1 N–H and O–H groups in total. The summed E-state index contributed by atoms with van der Waals surface area (Å²) in [7, 11) is 0. The summed E-state index contributed by atoms with van der Waals surface area (Å²) in [5, 5.41) is 16.0. The van der Waals surface area contributed by atoms with Gasteiger partial charge in [0.1, 0.15) is 24.6 Å². The van der Waals surface area contributed by atoms with Crippen LogP contribution in [0.3, 0.4) is 0 Å². The van der Waals surface area contributed by atoms with E-state index in [-0.39, 0.29) is 18.1 Å². The Kier molecular flexibility index (Phi) is 4.39. The Labute approximate surface area is 158 Å². The van der Waals surface area contributed by atoms with Gasteiger partial charge in [-0.1, -0.05) is 17.7 Å². The van der Waals surface area contributed by atoms with Gasteiger partial charge in [0.15, 0.2) is 0 Å². The number of carbonyl (C=O) groups excluding carboxylic acids is 1. The van der Waals surface area contributed by atoms with Gasteiger partial charge in [-0.3, -0.25) is 4.79 Å². The number of aromatic nitrogens is 5. The molecule has 1 amide bonds. The molecular weight excluding hydrogens is 368 g/mol. The largest absolute Gasteiger partial charge is 0.839 e. The van der Waals surface area contributed by atoms with Crippen LogP contribution in [-0.4, -0.2) is 25.3 Å². The molecule has 4 rings (SSSR count). The molecule has 0 atom stereocenters. The molecule has 0 unspecified atom stereocenters. The number of hydrogen-bond acceptors (Lipinski definition) is 5. The van der Waals surface area contributed by atoms with E-state index in [2.05, 4.69) is 20.3 Å². The van der Waals surface area contributed by atoms with Gasteiger partial charge in [-0.15, -0.1) is 0 Å². The monoisotopic (exact) mass is 380 g/mol. The minimum atomic E-state index is -0.570. The van der Waals surface area contributed by atoms with Crippen molar-refractivity contribution in [2.75, 3.05) is 5.32 Å². The second-order valence-corrected chi connectivity index (χ2v) is 6.17. The predicted octanol–water partition coefficient (Wildman–Crippen LogP) is 1.44. The maximum Gasteiger partial charge on any atom is 0.300 e. The fourth-order valence-corrected chi connectivity index (χ4v) is 2.94. The van der Waals surface area contributed by atoms with E-state index in [1.807, 2.05) is 0 Å². The molecule has 4 aromatic heterocycles. The van der Waals surface area contributed by atoms with Crippen LogP contribution in [0.5, 0.6) is 5.88 Å². The molecule has 4 heterocycles. The summed E-state index contributed by atoms with van der Waals surface area (Å²) in [6.07, 6.45) is 7.81. The van der Waals surface area contributed by atoms with Crippen molar-refractivity contribution in [3.63, 3.8) is 0 Å². The van der Waals surface area contributed by atoms with Crippen LogP contribution in [0.15, 0.2) is 61.4 Å². The lowest BCUT2D eigenvalue weighted by Gasteiger charge is -2.07. The molecule has 0 bridgehead atoms. The number of nitrogens with zero attached hydrogens (tertiary/aromatic N) is 5. The number of carbonyl (C=O) groups is 1. The fourth-order valence-electron chi connectivity index (χ4n) is 2.78. The molecule has 4 aromatic rings. The number of halogens is 1. The van der Waals surface area contributed by atoms with Crippen molar-refractivity contribution in [2.24, 2.45) is 0 Å². The highest BCUT2D eigenvalue weighted by molar-refractivity contribution is 6.30. The summed E-state index contributed by atoms with van der Waals surface area (Å²) in [6.45, 7) is 0.246. The molecule has 0 aromatic carbocycles. The second kappa shape index (κ2) is 7.00. The lowest BCUT2D eigenvalue weighted by Crippen LogP contribution is -2.37. The molecule has 9 heteroatoms. The van der Waals surface area contributed by atoms with Crippen molar-refractivity contribution in [3.8, 4) is 5.88 Å². The van der Waals surface area contributed by atoms with E-state index in [1.54, 1.807) is 47.3 Å². The third kappa shape index (κ3) is 3.30. The van der Waals surface area contributed by atoms with Crippen LogP contribution in [0.25, 0.3) is 5.65 Å². The highest BCUT2D eigenvalue weighted by atomic mass is 35.5. The third-order valence-electron chi connectivity index (χ3n) is 3.94. The summed E-state index contributed by atoms with van der Waals surface area (Å²) in [5.74, 6) is -0.732. The van der Waals surface area contributed by atoms with Crippen molar-refractivity contribution in [3.05, 3.63) is 77.7 Å². The zero-order valence-corrected chi connectivity index (χ0v) is 14.7. The first-order valence-corrected chi connectivity index (χ1v) is 8.38. The first-order chi connectivity index (χ1) is 13.1. The Balaban J connectivity index is 1.76. The van der Waals surface area contributed by atoms with Gasteiger partial charge in [-0.05, 0) is 18.2 Å². The maximum atomic E-state index is 13.0. The first kappa shape index (κ1) is 16.9. The van der Waals surface area contributed by atoms with Crippen molar-refractivity contribution < 1.29 is 14.5 Å². The van der Waals surface area contributed by atoms with Crippen molar-refractivity contribution in [2.45, 2.75) is 6.54 Å². The van der Waals surface area contributed by atoms with Gasteiger partial charge < -0.3 is 10.4 Å². The van der Waals surface area contributed by atoms with Gasteiger partial charge in [0.25, 0.3) is 11.6 Å². The Morgan fingerprint density at radius 3 is 2.85 bits per heavy atom. The van der Waals surface area contributed by atoms with Gasteiger partial charge >= 0.3 is 0 Å². The van der Waals surface area contributed by atoms with Crippen LogP contribution in [0, 0.1) is 0 Å². The molecule has 0 radical (unpaired) electrons. The smallest absolute Gasteiger partial charge is 0.300 e. The number of anilines is 1. The summed E-state index contributed by atoms with van der Waals surface area (Å²) in [6, 6.07) is 8.41. The van der Waals surface area contributed by atoms with E-state index in [9.17, 15) is 9.90 Å². The van der Waals surface area contributed by atoms with Crippen molar-refractivity contribution >= 4 is 29.0 Å². The zero-order chi connectivity index (χ0) is 18.8. The number of nitrogens with one attached hydrogen (secondary N) is 1. The van der Waals surface area contributed by atoms with Crippen molar-refractivity contribution in [1.29, 1.82) is 0 Å². The van der Waals surface area contributed by atoms with E-state index in [4.69, 9.17) is 11.6 Å². The molecule has 0 aliphatic heterocycles. The number of amides is 1. The Hall–Kier alpha value is -3.52. The highest BCUT2D eigenvalue weighted by Gasteiger charge is 2.25. The Morgan fingerprint density at radius 2 is 2.07 bits per heavy atom. The molecule has 0 aliphatic rings. The standard InChI is InChI=1S/C18H13ClN6O2/c19-13-4-5-22-14(7-13)23-17(26)16-18(27)25(10-12-8-20-11-21-9-12)15-3-1-2-6-24(15)16/h1-9,11H,10H2,(H-,22,23,26,27). The van der Waals surface area contributed by atoms with E-state index >= 15 is 0 Å². The molecule has 134 valence electrons. The number of imidazole rings is 1. The summed E-state index contributed by atoms with van der Waals surface area (Å²) in [4.78, 5) is 24.7. The van der Waals surface area contributed by atoms with Crippen LogP contribution >= 0.6 is 11.6 Å². The molecule has 0 aliphatic carbocycles. The lowest BCUT2D eigenvalue weighted by molar-refractivity contribution is -0.704. The maximum absolute atomic E-state index is 13.0. The molecular formula is C18H13ClN6O2. The quantitative estimate of drug-likeness (QED) is 0.540. The number of fused-ring (bicyclic) bond motifs is 1. The SMILES string of the molecule is O=C(Nc1cc(Cl)ccn1)c1c([O-])[n+](Cc2cncnc2)c2ccccn12. The lowest BCUT2D eigenvalue weighted by atomic mass is 10.3. The van der Waals surface area contributed by atoms with Crippen LogP contribution in [0.1, 0.15) is 16.1 Å². The second-order valence-electron chi connectivity index (χ2n) is 5.73.